The van der Waals surface area contributed by atoms with Gasteiger partial charge in [0.2, 0.25) is 0 Å². The van der Waals surface area contributed by atoms with Crippen molar-refractivity contribution >= 4 is 11.9 Å². The van der Waals surface area contributed by atoms with Crippen molar-refractivity contribution in [1.29, 1.82) is 0 Å². The molecule has 0 bridgehead atoms. The molecule has 6 nitrogen and oxygen atoms in total. The number of carbonyl (C=O) groups is 2. The maximum atomic E-state index is 13.1. The number of aliphatic hydroxyl groups is 1. The lowest BCUT2D eigenvalue weighted by atomic mass is 9.47. The maximum absolute atomic E-state index is 13.1. The number of rotatable bonds is 4. The minimum atomic E-state index is -0.699. The standard InChI is InChI=1S/C31H49NO5/c1-6-31(36-5)14-7-17-32(19-31)27(34)28(35)37-20(2)24-10-11-25-23-9-8-21-18-22(33)12-15-29(21,3)26(23)13-16-30(24,25)4/h8,20,22-26,33H,6-7,9-19H2,1-5H3/t20-,22-,23-,24+,25-,26-,29-,30+,31+/m0/s1. The van der Waals surface area contributed by atoms with E-state index in [2.05, 4.69) is 26.8 Å². The van der Waals surface area contributed by atoms with Crippen molar-refractivity contribution in [1.82, 2.24) is 4.90 Å². The zero-order chi connectivity index (χ0) is 26.6. The Morgan fingerprint density at radius 1 is 1.14 bits per heavy atom. The smallest absolute Gasteiger partial charge is 0.397 e. The Labute approximate surface area is 223 Å². The predicted molar refractivity (Wildman–Crippen MR) is 143 cm³/mol. The molecule has 1 aliphatic heterocycles. The van der Waals surface area contributed by atoms with Gasteiger partial charge < -0.3 is 19.5 Å². The minimum absolute atomic E-state index is 0.137. The number of methoxy groups -OCH3 is 1. The molecule has 1 amide bonds. The molecule has 5 aliphatic rings. The molecule has 0 radical (unpaired) electrons. The molecule has 6 heteroatoms. The molecule has 37 heavy (non-hydrogen) atoms. The largest absolute Gasteiger partial charge is 0.455 e. The SMILES string of the molecule is CC[C@@]1(OC)CCCN(C(=O)C(=O)O[C@@H](C)[C@H]2CC[C@H]3[C@@H]4CC=C5C[C@@H](O)CC[C@]5(C)[C@H]4CC[C@]23C)C1. The van der Waals surface area contributed by atoms with Crippen LogP contribution in [0, 0.1) is 34.5 Å². The fourth-order valence-corrected chi connectivity index (χ4v) is 9.75. The number of ether oxygens (including phenoxy) is 2. The van der Waals surface area contributed by atoms with Gasteiger partial charge in [0.15, 0.2) is 0 Å². The van der Waals surface area contributed by atoms with Crippen molar-refractivity contribution in [2.24, 2.45) is 34.5 Å². The molecule has 0 aromatic heterocycles. The van der Waals surface area contributed by atoms with Crippen molar-refractivity contribution in [2.45, 2.75) is 116 Å². The second kappa shape index (κ2) is 9.97. The van der Waals surface area contributed by atoms with Crippen LogP contribution < -0.4 is 0 Å². The van der Waals surface area contributed by atoms with Gasteiger partial charge in [-0.2, -0.15) is 0 Å². The van der Waals surface area contributed by atoms with Crippen molar-refractivity contribution in [3.8, 4) is 0 Å². The number of fused-ring (bicyclic) bond motifs is 5. The summed E-state index contributed by atoms with van der Waals surface area (Å²) in [5.41, 5.74) is 1.52. The van der Waals surface area contributed by atoms with Crippen LogP contribution in [0.15, 0.2) is 11.6 Å². The third kappa shape index (κ3) is 4.48. The van der Waals surface area contributed by atoms with Crippen LogP contribution in [-0.2, 0) is 19.1 Å². The van der Waals surface area contributed by atoms with Gasteiger partial charge in [0, 0.05) is 19.6 Å². The van der Waals surface area contributed by atoms with Crippen LogP contribution in [0.2, 0.25) is 0 Å². The molecule has 5 rings (SSSR count). The molecule has 1 heterocycles. The first kappa shape index (κ1) is 27.2. The summed E-state index contributed by atoms with van der Waals surface area (Å²) >= 11 is 0. The predicted octanol–water partition coefficient (Wildman–Crippen LogP) is 5.28. The fraction of sp³-hybridized carbons (Fsp3) is 0.871. The lowest BCUT2D eigenvalue weighted by Crippen LogP contribution is -2.53. The Morgan fingerprint density at radius 2 is 1.92 bits per heavy atom. The zero-order valence-electron chi connectivity index (χ0n) is 23.8. The highest BCUT2D eigenvalue weighted by atomic mass is 16.6. The first-order valence-corrected chi connectivity index (χ1v) is 15.0. The van der Waals surface area contributed by atoms with E-state index in [0.717, 1.165) is 57.8 Å². The van der Waals surface area contributed by atoms with E-state index in [-0.39, 0.29) is 34.6 Å². The van der Waals surface area contributed by atoms with E-state index in [0.29, 0.717) is 30.8 Å². The quantitative estimate of drug-likeness (QED) is 0.313. The number of hydrogen-bond acceptors (Lipinski definition) is 5. The fourth-order valence-electron chi connectivity index (χ4n) is 9.75. The summed E-state index contributed by atoms with van der Waals surface area (Å²) < 4.78 is 11.7. The van der Waals surface area contributed by atoms with Crippen molar-refractivity contribution < 1.29 is 24.2 Å². The molecule has 208 valence electrons. The van der Waals surface area contributed by atoms with Crippen molar-refractivity contribution in [3.05, 3.63) is 11.6 Å². The van der Waals surface area contributed by atoms with Gasteiger partial charge in [0.1, 0.15) is 6.10 Å². The zero-order valence-corrected chi connectivity index (χ0v) is 23.8. The average Bonchev–Trinajstić information content (AvgIpc) is 3.26. The van der Waals surface area contributed by atoms with Crippen LogP contribution in [-0.4, -0.2) is 59.9 Å². The highest BCUT2D eigenvalue weighted by Gasteiger charge is 2.59. The lowest BCUT2D eigenvalue weighted by molar-refractivity contribution is -0.171. The maximum Gasteiger partial charge on any atom is 0.397 e. The van der Waals surface area contributed by atoms with E-state index in [1.54, 1.807) is 12.0 Å². The van der Waals surface area contributed by atoms with E-state index in [9.17, 15) is 14.7 Å². The Hall–Kier alpha value is -1.40. The second-order valence-corrected chi connectivity index (χ2v) is 13.6. The normalized spacial score (nSPS) is 44.2. The molecule has 0 aromatic rings. The number of amides is 1. The number of carbonyl (C=O) groups excluding carboxylic acids is 2. The number of nitrogens with zero attached hydrogens (tertiary/aromatic N) is 1. The lowest BCUT2D eigenvalue weighted by Gasteiger charge is -2.58. The van der Waals surface area contributed by atoms with Crippen LogP contribution in [0.4, 0.5) is 0 Å². The van der Waals surface area contributed by atoms with E-state index in [1.807, 2.05) is 6.92 Å². The Bertz CT molecular complexity index is 927. The second-order valence-electron chi connectivity index (χ2n) is 13.6. The monoisotopic (exact) mass is 515 g/mol. The molecule has 3 saturated carbocycles. The highest BCUT2D eigenvalue weighted by molar-refractivity contribution is 6.32. The van der Waals surface area contributed by atoms with Crippen molar-refractivity contribution in [3.63, 3.8) is 0 Å². The molecule has 4 aliphatic carbocycles. The third-order valence-corrected chi connectivity index (χ3v) is 12.1. The van der Waals surface area contributed by atoms with Crippen LogP contribution in [0.1, 0.15) is 98.3 Å². The summed E-state index contributed by atoms with van der Waals surface area (Å²) in [6, 6.07) is 0. The average molecular weight is 516 g/mol. The summed E-state index contributed by atoms with van der Waals surface area (Å²) in [4.78, 5) is 27.8. The Kier molecular flexibility index (Phi) is 7.32. The minimum Gasteiger partial charge on any atom is -0.455 e. The van der Waals surface area contributed by atoms with Crippen LogP contribution >= 0.6 is 0 Å². The van der Waals surface area contributed by atoms with Gasteiger partial charge in [0.25, 0.3) is 0 Å². The molecule has 9 atom stereocenters. The van der Waals surface area contributed by atoms with Gasteiger partial charge in [-0.25, -0.2) is 4.79 Å². The summed E-state index contributed by atoms with van der Waals surface area (Å²) in [5, 5.41) is 10.3. The first-order valence-electron chi connectivity index (χ1n) is 15.0. The summed E-state index contributed by atoms with van der Waals surface area (Å²) in [7, 11) is 1.70. The van der Waals surface area contributed by atoms with Crippen molar-refractivity contribution in [2.75, 3.05) is 20.2 Å². The number of aliphatic hydroxyl groups excluding tert-OH is 1. The van der Waals surface area contributed by atoms with E-state index in [1.165, 1.54) is 18.4 Å². The topological polar surface area (TPSA) is 76.1 Å². The summed E-state index contributed by atoms with van der Waals surface area (Å²) in [6.07, 6.45) is 13.2. The third-order valence-electron chi connectivity index (χ3n) is 12.1. The van der Waals surface area contributed by atoms with Gasteiger partial charge in [-0.15, -0.1) is 0 Å². The number of allylic oxidation sites excluding steroid dienone is 1. The summed E-state index contributed by atoms with van der Waals surface area (Å²) in [5.74, 6) is 1.06. The number of likely N-dealkylation sites (tertiary alicyclic amines) is 1. The van der Waals surface area contributed by atoms with E-state index < -0.39 is 11.9 Å². The first-order chi connectivity index (χ1) is 17.6. The molecule has 0 unspecified atom stereocenters. The molecule has 4 fully saturated rings. The highest BCUT2D eigenvalue weighted by Crippen LogP contribution is 2.66. The number of esters is 1. The Morgan fingerprint density at radius 3 is 2.65 bits per heavy atom. The molecular weight excluding hydrogens is 466 g/mol. The molecule has 1 N–H and O–H groups in total. The van der Waals surface area contributed by atoms with E-state index >= 15 is 0 Å². The molecule has 0 spiro atoms. The molecule has 0 aromatic carbocycles. The molecular formula is C31H49NO5. The number of hydrogen-bond donors (Lipinski definition) is 1. The van der Waals surface area contributed by atoms with Crippen LogP contribution in [0.3, 0.4) is 0 Å². The van der Waals surface area contributed by atoms with Gasteiger partial charge >= 0.3 is 11.9 Å². The van der Waals surface area contributed by atoms with Crippen LogP contribution in [0.25, 0.3) is 0 Å². The van der Waals surface area contributed by atoms with Gasteiger partial charge in [-0.3, -0.25) is 4.79 Å². The molecule has 1 saturated heterocycles. The van der Waals surface area contributed by atoms with Gasteiger partial charge in [-0.05, 0) is 106 Å². The number of piperidine rings is 1. The Balaban J connectivity index is 1.25. The van der Waals surface area contributed by atoms with Gasteiger partial charge in [0.05, 0.1) is 18.2 Å². The summed E-state index contributed by atoms with van der Waals surface area (Å²) in [6.45, 7) is 10.0. The van der Waals surface area contributed by atoms with E-state index in [4.69, 9.17) is 9.47 Å². The van der Waals surface area contributed by atoms with Crippen LogP contribution in [0.5, 0.6) is 0 Å². The van der Waals surface area contributed by atoms with Gasteiger partial charge in [-0.1, -0.05) is 32.4 Å².